The molecule has 10 heteroatoms. The highest BCUT2D eigenvalue weighted by Gasteiger charge is 2.72. The van der Waals surface area contributed by atoms with Gasteiger partial charge in [0.05, 0.1) is 9.79 Å². The van der Waals surface area contributed by atoms with Crippen molar-refractivity contribution in [2.45, 2.75) is 111 Å². The van der Waals surface area contributed by atoms with E-state index in [-0.39, 0.29) is 0 Å². The molecule has 0 bridgehead atoms. The van der Waals surface area contributed by atoms with Gasteiger partial charge in [-0.05, 0) is 210 Å². The number of alkyl halides is 6. The summed E-state index contributed by atoms with van der Waals surface area (Å²) in [6.45, 7) is 22.5. The van der Waals surface area contributed by atoms with Crippen molar-refractivity contribution < 1.29 is 39.5 Å². The fraction of sp³-hybridized carbons (Fsp3) is 0.294. The van der Waals surface area contributed by atoms with Crippen LogP contribution in [0.25, 0.3) is 0 Å². The van der Waals surface area contributed by atoms with Crippen molar-refractivity contribution in [1.82, 2.24) is 0 Å². The van der Waals surface area contributed by atoms with E-state index in [1.807, 2.05) is 52.0 Å². The van der Waals surface area contributed by atoms with E-state index in [4.69, 9.17) is 4.74 Å². The van der Waals surface area contributed by atoms with Gasteiger partial charge in [-0.3, -0.25) is 0 Å². The molecule has 0 spiro atoms. The van der Waals surface area contributed by atoms with Gasteiger partial charge in [-0.1, -0.05) is 60.7 Å². The normalized spacial score (nSPS) is 11.9. The second-order valence-electron chi connectivity index (χ2n) is 15.9. The van der Waals surface area contributed by atoms with Crippen LogP contribution < -0.4 is 4.74 Å². The topological polar surface area (TPSA) is 43.4 Å². The number of sulfone groups is 1. The molecule has 0 aromatic heterocycles. The summed E-state index contributed by atoms with van der Waals surface area (Å²) in [7, 11) is -3.42. The average Bonchev–Trinajstić information content (AvgIpc) is 3.16. The van der Waals surface area contributed by atoms with Gasteiger partial charge < -0.3 is 4.74 Å². The SMILES string of the molecule is Cc1ccc(C(c2ccc(C)c(C)c2)(C(F)(F)F)C(F)(F)F)cc1C.Cc1ccc(Oc2ccc(C)c(C)c2)cc1C.Cc1ccc(S(=O)(=O)c2ccc(C)c(C)c2)cc1C. The third-order valence-electron chi connectivity index (χ3n) is 11.5. The Balaban J connectivity index is 0.000000206. The van der Waals surface area contributed by atoms with Crippen LogP contribution in [0, 0.1) is 83.1 Å². The van der Waals surface area contributed by atoms with E-state index in [9.17, 15) is 34.8 Å². The largest absolute Gasteiger partial charge is 0.457 e. The molecule has 0 heterocycles. The molecule has 0 amide bonds. The number of aryl methyl sites for hydroxylation is 12. The molecule has 0 aliphatic rings. The highest BCUT2D eigenvalue weighted by atomic mass is 32.2. The van der Waals surface area contributed by atoms with E-state index in [2.05, 4.69) is 52.0 Å². The van der Waals surface area contributed by atoms with Crippen LogP contribution in [0.2, 0.25) is 0 Å². The van der Waals surface area contributed by atoms with Gasteiger partial charge in [0, 0.05) is 0 Å². The Morgan fingerprint density at radius 3 is 0.869 bits per heavy atom. The molecule has 6 rings (SSSR count). The first-order chi connectivity index (χ1) is 28.2. The molecule has 0 aliphatic heterocycles. The third-order valence-corrected chi connectivity index (χ3v) is 13.2. The monoisotopic (exact) mass is 860 g/mol. The minimum Gasteiger partial charge on any atom is -0.457 e. The molecule has 61 heavy (non-hydrogen) atoms. The van der Waals surface area contributed by atoms with Gasteiger partial charge in [0.2, 0.25) is 15.3 Å². The van der Waals surface area contributed by atoms with Crippen LogP contribution in [0.15, 0.2) is 119 Å². The van der Waals surface area contributed by atoms with Crippen LogP contribution in [0.4, 0.5) is 26.3 Å². The molecular formula is C51H54F6O3S. The molecule has 0 N–H and O–H groups in total. The maximum absolute atomic E-state index is 14.0. The van der Waals surface area contributed by atoms with E-state index in [1.54, 1.807) is 38.1 Å². The summed E-state index contributed by atoms with van der Waals surface area (Å²) in [6, 6.07) is 29.2. The second kappa shape index (κ2) is 18.7. The van der Waals surface area contributed by atoms with Crippen molar-refractivity contribution in [2.24, 2.45) is 0 Å². The zero-order chi connectivity index (χ0) is 45.8. The van der Waals surface area contributed by atoms with Crippen LogP contribution in [-0.4, -0.2) is 20.8 Å². The number of hydrogen-bond acceptors (Lipinski definition) is 3. The molecular weight excluding hydrogens is 807 g/mol. The lowest BCUT2D eigenvalue weighted by atomic mass is 9.71. The molecule has 0 radical (unpaired) electrons. The number of halogens is 6. The minimum atomic E-state index is -5.55. The zero-order valence-corrected chi connectivity index (χ0v) is 37.6. The van der Waals surface area contributed by atoms with Crippen molar-refractivity contribution in [3.8, 4) is 11.5 Å². The van der Waals surface area contributed by atoms with E-state index in [0.717, 1.165) is 58.0 Å². The number of rotatable bonds is 6. The van der Waals surface area contributed by atoms with Crippen molar-refractivity contribution in [1.29, 1.82) is 0 Å². The van der Waals surface area contributed by atoms with Gasteiger partial charge in [0.25, 0.3) is 0 Å². The zero-order valence-electron chi connectivity index (χ0n) is 36.8. The van der Waals surface area contributed by atoms with Crippen molar-refractivity contribution in [3.63, 3.8) is 0 Å². The smallest absolute Gasteiger partial charge is 0.411 e. The average molecular weight is 861 g/mol. The van der Waals surface area contributed by atoms with Gasteiger partial charge >= 0.3 is 12.4 Å². The standard InChI is InChI=1S/C19H18F6.C16H18O2S.C16H18O/c1-11-5-7-15(9-13(11)3)17(18(20,21)22,19(23,24)25)16-8-6-12(2)14(4)10-16;1-11-5-7-15(9-13(11)3)19(17,18)16-8-6-12(2)14(4)10-16;1-11-5-7-15(9-13(11)3)17-16-8-6-12(2)14(4)10-16/h5-10H,1-4H3;5-10H,1-4H3;5-10H,1-4H3. The predicted molar refractivity (Wildman–Crippen MR) is 234 cm³/mol. The van der Waals surface area contributed by atoms with Crippen LogP contribution in [0.1, 0.15) is 77.9 Å². The molecule has 0 saturated heterocycles. The minimum absolute atomic E-state index is 0.360. The summed E-state index contributed by atoms with van der Waals surface area (Å²) in [4.78, 5) is 0.720. The quantitative estimate of drug-likeness (QED) is 0.157. The van der Waals surface area contributed by atoms with Gasteiger partial charge in [0.15, 0.2) is 0 Å². The second-order valence-corrected chi connectivity index (χ2v) is 17.9. The summed E-state index contributed by atoms with van der Waals surface area (Å²) in [5.41, 5.74) is 5.55. The first-order valence-corrected chi connectivity index (χ1v) is 21.2. The van der Waals surface area contributed by atoms with Gasteiger partial charge in [-0.25, -0.2) is 8.42 Å². The molecule has 6 aromatic rings. The van der Waals surface area contributed by atoms with Crippen LogP contribution in [0.5, 0.6) is 11.5 Å². The van der Waals surface area contributed by atoms with Crippen LogP contribution in [0.3, 0.4) is 0 Å². The van der Waals surface area contributed by atoms with Crippen molar-refractivity contribution in [2.75, 3.05) is 0 Å². The molecule has 0 unspecified atom stereocenters. The lowest BCUT2D eigenvalue weighted by Crippen LogP contribution is -2.54. The highest BCUT2D eigenvalue weighted by molar-refractivity contribution is 7.91. The van der Waals surface area contributed by atoms with Gasteiger partial charge in [-0.2, -0.15) is 26.3 Å². The Hall–Kier alpha value is -5.35. The summed E-state index contributed by atoms with van der Waals surface area (Å²) in [6.07, 6.45) is -11.1. The lowest BCUT2D eigenvalue weighted by molar-refractivity contribution is -0.288. The van der Waals surface area contributed by atoms with Crippen LogP contribution >= 0.6 is 0 Å². The maximum Gasteiger partial charge on any atom is 0.411 e. The number of ether oxygens (including phenoxy) is 1. The predicted octanol–water partition coefficient (Wildman–Crippen LogP) is 14.8. The maximum atomic E-state index is 14.0. The summed E-state index contributed by atoms with van der Waals surface area (Å²) < 4.78 is 115. The first kappa shape index (κ1) is 48.3. The summed E-state index contributed by atoms with van der Waals surface area (Å²) in [5, 5.41) is 0. The Labute approximate surface area is 357 Å². The molecule has 6 aromatic carbocycles. The van der Waals surface area contributed by atoms with Crippen molar-refractivity contribution >= 4 is 9.84 Å². The Bertz CT molecular complexity index is 2470. The molecule has 0 fully saturated rings. The number of hydrogen-bond donors (Lipinski definition) is 0. The summed E-state index contributed by atoms with van der Waals surface area (Å²) in [5.74, 6) is 1.80. The molecule has 3 nitrogen and oxygen atoms in total. The summed E-state index contributed by atoms with van der Waals surface area (Å²) >= 11 is 0. The lowest BCUT2D eigenvalue weighted by Gasteiger charge is -2.38. The fourth-order valence-electron chi connectivity index (χ4n) is 6.52. The van der Waals surface area contributed by atoms with Gasteiger partial charge in [-0.15, -0.1) is 0 Å². The molecule has 0 atom stereocenters. The van der Waals surface area contributed by atoms with E-state index in [1.165, 1.54) is 48.2 Å². The third kappa shape index (κ3) is 10.8. The molecule has 0 aliphatic carbocycles. The fourth-order valence-corrected chi connectivity index (χ4v) is 7.95. The molecule has 324 valence electrons. The number of benzene rings is 6. The van der Waals surface area contributed by atoms with Crippen LogP contribution in [-0.2, 0) is 15.3 Å². The van der Waals surface area contributed by atoms with E-state index < -0.39 is 38.7 Å². The van der Waals surface area contributed by atoms with Crippen molar-refractivity contribution in [3.05, 3.63) is 187 Å². The Kier molecular flexibility index (Phi) is 14.8. The Morgan fingerprint density at radius 1 is 0.344 bits per heavy atom. The molecule has 0 saturated carbocycles. The first-order valence-electron chi connectivity index (χ1n) is 19.7. The highest BCUT2D eigenvalue weighted by Crippen LogP contribution is 2.56. The Morgan fingerprint density at radius 2 is 0.607 bits per heavy atom. The van der Waals surface area contributed by atoms with E-state index in [0.29, 0.717) is 32.0 Å². The van der Waals surface area contributed by atoms with E-state index >= 15 is 0 Å². The van der Waals surface area contributed by atoms with Gasteiger partial charge in [0.1, 0.15) is 11.5 Å².